The zero-order valence-corrected chi connectivity index (χ0v) is 17.1. The monoisotopic (exact) mass is 416 g/mol. The van der Waals surface area contributed by atoms with Crippen LogP contribution >= 0.6 is 15.9 Å². The molecule has 1 aliphatic heterocycles. The molecule has 0 radical (unpaired) electrons. The van der Waals surface area contributed by atoms with E-state index >= 15 is 0 Å². The standard InChI is InChI=1S/C21H21BrO4/c1-21(2,3)13-8-6-12(7-9-13)10-16-19(23)17-14(24-4)11-15(25-5)18(22)20(17)26-16/h6-11H,1-5H3. The number of carbonyl (C=O) groups excluding carboxylic acids is 1. The van der Waals surface area contributed by atoms with Crippen molar-refractivity contribution in [3.05, 3.63) is 57.3 Å². The average Bonchev–Trinajstić information content (AvgIpc) is 2.93. The van der Waals surface area contributed by atoms with Gasteiger partial charge >= 0.3 is 0 Å². The lowest BCUT2D eigenvalue weighted by Crippen LogP contribution is -2.10. The Kier molecular flexibility index (Phi) is 4.84. The second kappa shape index (κ2) is 6.80. The highest BCUT2D eigenvalue weighted by Gasteiger charge is 2.34. The van der Waals surface area contributed by atoms with Crippen LogP contribution in [-0.4, -0.2) is 20.0 Å². The van der Waals surface area contributed by atoms with Crippen molar-refractivity contribution in [1.82, 2.24) is 0 Å². The van der Waals surface area contributed by atoms with Crippen molar-refractivity contribution >= 4 is 27.8 Å². The number of carbonyl (C=O) groups is 1. The van der Waals surface area contributed by atoms with E-state index in [-0.39, 0.29) is 17.0 Å². The molecular formula is C21H21BrO4. The van der Waals surface area contributed by atoms with Crippen LogP contribution in [0.2, 0.25) is 0 Å². The van der Waals surface area contributed by atoms with Gasteiger partial charge in [-0.3, -0.25) is 4.79 Å². The van der Waals surface area contributed by atoms with Gasteiger partial charge in [-0.2, -0.15) is 0 Å². The molecule has 26 heavy (non-hydrogen) atoms. The van der Waals surface area contributed by atoms with Gasteiger partial charge in [-0.15, -0.1) is 0 Å². The Morgan fingerprint density at radius 3 is 2.19 bits per heavy atom. The minimum absolute atomic E-state index is 0.0797. The molecule has 0 bridgehead atoms. The molecule has 4 nitrogen and oxygen atoms in total. The van der Waals surface area contributed by atoms with Crippen LogP contribution in [0.25, 0.3) is 6.08 Å². The van der Waals surface area contributed by atoms with E-state index in [9.17, 15) is 4.79 Å². The Bertz CT molecular complexity index is 890. The summed E-state index contributed by atoms with van der Waals surface area (Å²) >= 11 is 3.44. The summed E-state index contributed by atoms with van der Waals surface area (Å²) in [6.07, 6.45) is 1.74. The van der Waals surface area contributed by atoms with E-state index in [2.05, 4.69) is 48.8 Å². The molecule has 3 rings (SSSR count). The molecule has 0 unspecified atom stereocenters. The summed E-state index contributed by atoms with van der Waals surface area (Å²) in [6, 6.07) is 9.78. The summed E-state index contributed by atoms with van der Waals surface area (Å²) < 4.78 is 17.1. The second-order valence-electron chi connectivity index (χ2n) is 7.11. The Balaban J connectivity index is 2.00. The van der Waals surface area contributed by atoms with Gasteiger partial charge in [0.05, 0.1) is 14.2 Å². The van der Waals surface area contributed by atoms with Crippen LogP contribution in [0.1, 0.15) is 42.3 Å². The lowest BCUT2D eigenvalue weighted by Gasteiger charge is -2.18. The van der Waals surface area contributed by atoms with Gasteiger partial charge in [-0.1, -0.05) is 45.0 Å². The first-order valence-electron chi connectivity index (χ1n) is 8.25. The zero-order valence-electron chi connectivity index (χ0n) is 15.5. The van der Waals surface area contributed by atoms with Crippen LogP contribution in [0.15, 0.2) is 40.6 Å². The number of halogens is 1. The maximum absolute atomic E-state index is 12.8. The third kappa shape index (κ3) is 3.23. The number of hydrogen-bond acceptors (Lipinski definition) is 4. The maximum Gasteiger partial charge on any atom is 0.235 e. The molecule has 0 aliphatic carbocycles. The van der Waals surface area contributed by atoms with E-state index in [0.29, 0.717) is 27.3 Å². The molecule has 0 saturated heterocycles. The van der Waals surface area contributed by atoms with Gasteiger partial charge in [0.2, 0.25) is 5.78 Å². The normalized spacial score (nSPS) is 15.0. The van der Waals surface area contributed by atoms with E-state index < -0.39 is 0 Å². The molecule has 0 amide bonds. The number of ketones is 1. The van der Waals surface area contributed by atoms with Crippen LogP contribution in [0.3, 0.4) is 0 Å². The van der Waals surface area contributed by atoms with Gasteiger partial charge in [0.1, 0.15) is 21.5 Å². The molecule has 0 saturated carbocycles. The van der Waals surface area contributed by atoms with Crippen LogP contribution in [-0.2, 0) is 5.41 Å². The first-order valence-corrected chi connectivity index (χ1v) is 9.05. The third-order valence-corrected chi connectivity index (χ3v) is 5.08. The Morgan fingerprint density at radius 2 is 1.65 bits per heavy atom. The van der Waals surface area contributed by atoms with Crippen molar-refractivity contribution < 1.29 is 19.0 Å². The minimum atomic E-state index is -0.208. The van der Waals surface area contributed by atoms with E-state index in [0.717, 1.165) is 5.56 Å². The van der Waals surface area contributed by atoms with Crippen LogP contribution in [0, 0.1) is 0 Å². The highest BCUT2D eigenvalue weighted by atomic mass is 79.9. The number of rotatable bonds is 3. The molecule has 0 N–H and O–H groups in total. The van der Waals surface area contributed by atoms with Gasteiger partial charge < -0.3 is 14.2 Å². The van der Waals surface area contributed by atoms with E-state index in [1.165, 1.54) is 12.7 Å². The number of Topliss-reactive ketones (excluding diaryl/α,β-unsaturated/α-hetero) is 1. The minimum Gasteiger partial charge on any atom is -0.496 e. The molecule has 0 fully saturated rings. The molecule has 136 valence electrons. The summed E-state index contributed by atoms with van der Waals surface area (Å²) in [5.74, 6) is 1.44. The van der Waals surface area contributed by atoms with Crippen molar-refractivity contribution in [3.8, 4) is 17.2 Å². The predicted octanol–water partition coefficient (Wildman–Crippen LogP) is 5.38. The fraction of sp³-hybridized carbons (Fsp3) is 0.286. The summed E-state index contributed by atoms with van der Waals surface area (Å²) in [6.45, 7) is 6.49. The van der Waals surface area contributed by atoms with Gasteiger partial charge in [0.15, 0.2) is 11.5 Å². The van der Waals surface area contributed by atoms with Crippen molar-refractivity contribution in [2.24, 2.45) is 0 Å². The highest BCUT2D eigenvalue weighted by molar-refractivity contribution is 9.10. The van der Waals surface area contributed by atoms with E-state index in [1.54, 1.807) is 19.3 Å². The topological polar surface area (TPSA) is 44.8 Å². The van der Waals surface area contributed by atoms with Crippen molar-refractivity contribution in [2.45, 2.75) is 26.2 Å². The van der Waals surface area contributed by atoms with E-state index in [4.69, 9.17) is 14.2 Å². The highest BCUT2D eigenvalue weighted by Crippen LogP contribution is 2.48. The fourth-order valence-electron chi connectivity index (χ4n) is 2.81. The van der Waals surface area contributed by atoms with Crippen LogP contribution in [0.5, 0.6) is 17.2 Å². The molecule has 1 aliphatic rings. The smallest absolute Gasteiger partial charge is 0.235 e. The number of methoxy groups -OCH3 is 2. The zero-order chi connectivity index (χ0) is 19.1. The number of allylic oxidation sites excluding steroid dienone is 1. The van der Waals surface area contributed by atoms with Gasteiger partial charge in [0.25, 0.3) is 0 Å². The fourth-order valence-corrected chi connectivity index (χ4v) is 3.37. The van der Waals surface area contributed by atoms with Crippen molar-refractivity contribution in [3.63, 3.8) is 0 Å². The van der Waals surface area contributed by atoms with Gasteiger partial charge in [0, 0.05) is 6.07 Å². The molecule has 2 aromatic carbocycles. The lowest BCUT2D eigenvalue weighted by atomic mass is 9.86. The van der Waals surface area contributed by atoms with Crippen LogP contribution in [0.4, 0.5) is 0 Å². The second-order valence-corrected chi connectivity index (χ2v) is 7.90. The summed E-state index contributed by atoms with van der Waals surface area (Å²) in [5.41, 5.74) is 2.61. The molecule has 1 heterocycles. The first-order chi connectivity index (χ1) is 12.3. The van der Waals surface area contributed by atoms with Gasteiger partial charge in [-0.25, -0.2) is 0 Å². The largest absolute Gasteiger partial charge is 0.496 e. The quantitative estimate of drug-likeness (QED) is 0.629. The summed E-state index contributed by atoms with van der Waals surface area (Å²) in [4.78, 5) is 12.8. The molecule has 0 atom stereocenters. The molecule has 0 aromatic heterocycles. The number of hydrogen-bond donors (Lipinski definition) is 0. The van der Waals surface area contributed by atoms with Crippen molar-refractivity contribution in [1.29, 1.82) is 0 Å². The SMILES string of the molecule is COc1cc(OC)c2c(c1Br)OC(=Cc1ccc(C(C)(C)C)cc1)C2=O. The van der Waals surface area contributed by atoms with Crippen LogP contribution < -0.4 is 14.2 Å². The number of benzene rings is 2. The first kappa shape index (κ1) is 18.5. The Hall–Kier alpha value is -2.27. The maximum atomic E-state index is 12.8. The summed E-state index contributed by atoms with van der Waals surface area (Å²) in [5, 5.41) is 0. The predicted molar refractivity (Wildman–Crippen MR) is 105 cm³/mol. The summed E-state index contributed by atoms with van der Waals surface area (Å²) in [7, 11) is 3.07. The van der Waals surface area contributed by atoms with E-state index in [1.807, 2.05) is 12.1 Å². The third-order valence-electron chi connectivity index (χ3n) is 4.33. The number of fused-ring (bicyclic) bond motifs is 1. The Morgan fingerprint density at radius 1 is 1.04 bits per heavy atom. The van der Waals surface area contributed by atoms with Crippen molar-refractivity contribution in [2.75, 3.05) is 14.2 Å². The molecule has 2 aromatic rings. The average molecular weight is 417 g/mol. The van der Waals surface area contributed by atoms with Gasteiger partial charge in [-0.05, 0) is 38.5 Å². The lowest BCUT2D eigenvalue weighted by molar-refractivity contribution is 0.101. The molecular weight excluding hydrogens is 396 g/mol. The number of ether oxygens (including phenoxy) is 3. The Labute approximate surface area is 161 Å². The molecule has 0 spiro atoms. The molecule has 5 heteroatoms.